The Kier molecular flexibility index (Phi) is 2.95. The van der Waals surface area contributed by atoms with E-state index in [1.54, 1.807) is 0 Å². The third-order valence-electron chi connectivity index (χ3n) is 2.73. The van der Waals surface area contributed by atoms with Crippen molar-refractivity contribution in [3.8, 4) is 0 Å². The number of carbonyl (C=O) groups is 1. The van der Waals surface area contributed by atoms with E-state index in [1.807, 2.05) is 44.3 Å². The van der Waals surface area contributed by atoms with Crippen LogP contribution in [-0.4, -0.2) is 17.6 Å². The first-order chi connectivity index (χ1) is 7.74. The van der Waals surface area contributed by atoms with Gasteiger partial charge in [0.05, 0.1) is 12.5 Å². The first kappa shape index (κ1) is 10.7. The summed E-state index contributed by atoms with van der Waals surface area (Å²) in [6.45, 7) is 4.11. The van der Waals surface area contributed by atoms with Crippen LogP contribution in [0.25, 0.3) is 10.9 Å². The maximum Gasteiger partial charge on any atom is 0.313 e. The van der Waals surface area contributed by atoms with E-state index in [0.29, 0.717) is 6.61 Å². The molecule has 0 bridgehead atoms. The van der Waals surface area contributed by atoms with Crippen molar-refractivity contribution in [3.63, 3.8) is 0 Å². The van der Waals surface area contributed by atoms with E-state index >= 15 is 0 Å². The molecule has 0 amide bonds. The van der Waals surface area contributed by atoms with Gasteiger partial charge in [-0.15, -0.1) is 0 Å². The Morgan fingerprint density at radius 1 is 1.44 bits per heavy atom. The lowest BCUT2D eigenvalue weighted by Crippen LogP contribution is -2.12. The van der Waals surface area contributed by atoms with Crippen LogP contribution in [0.1, 0.15) is 25.3 Å². The monoisotopic (exact) mass is 217 g/mol. The van der Waals surface area contributed by atoms with Crippen LogP contribution in [0.4, 0.5) is 0 Å². The van der Waals surface area contributed by atoms with Crippen LogP contribution in [0.2, 0.25) is 0 Å². The molecule has 2 rings (SSSR count). The molecule has 0 saturated carbocycles. The summed E-state index contributed by atoms with van der Waals surface area (Å²) in [6.07, 6.45) is 1.88. The standard InChI is InChI=1S/C13H15NO2/c1-3-16-13(15)9(2)11-8-14-12-7-5-4-6-10(11)12/h4-9,14H,3H2,1-2H3. The molecule has 1 aromatic carbocycles. The quantitative estimate of drug-likeness (QED) is 0.803. The van der Waals surface area contributed by atoms with Crippen LogP contribution in [0.3, 0.4) is 0 Å². The predicted molar refractivity (Wildman–Crippen MR) is 63.3 cm³/mol. The highest BCUT2D eigenvalue weighted by atomic mass is 16.5. The van der Waals surface area contributed by atoms with Gasteiger partial charge in [0.2, 0.25) is 0 Å². The highest BCUT2D eigenvalue weighted by Gasteiger charge is 2.19. The van der Waals surface area contributed by atoms with E-state index in [0.717, 1.165) is 16.5 Å². The summed E-state index contributed by atoms with van der Waals surface area (Å²) in [4.78, 5) is 14.8. The maximum absolute atomic E-state index is 11.6. The number of aromatic nitrogens is 1. The number of H-pyrrole nitrogens is 1. The van der Waals surface area contributed by atoms with Gasteiger partial charge in [-0.1, -0.05) is 18.2 Å². The van der Waals surface area contributed by atoms with E-state index in [-0.39, 0.29) is 11.9 Å². The van der Waals surface area contributed by atoms with Crippen molar-refractivity contribution in [2.75, 3.05) is 6.61 Å². The minimum atomic E-state index is -0.226. The van der Waals surface area contributed by atoms with Crippen molar-refractivity contribution >= 4 is 16.9 Å². The smallest absolute Gasteiger partial charge is 0.313 e. The fourth-order valence-electron chi connectivity index (χ4n) is 1.85. The van der Waals surface area contributed by atoms with Crippen molar-refractivity contribution < 1.29 is 9.53 Å². The highest BCUT2D eigenvalue weighted by molar-refractivity contribution is 5.89. The second-order valence-electron chi connectivity index (χ2n) is 3.76. The minimum Gasteiger partial charge on any atom is -0.466 e. The Bertz CT molecular complexity index is 501. The summed E-state index contributed by atoms with van der Waals surface area (Å²) in [5, 5.41) is 1.09. The summed E-state index contributed by atoms with van der Waals surface area (Å²) in [5.41, 5.74) is 2.04. The number of carbonyl (C=O) groups excluding carboxylic acids is 1. The molecule has 0 radical (unpaired) electrons. The Balaban J connectivity index is 2.36. The summed E-state index contributed by atoms with van der Waals surface area (Å²) < 4.78 is 5.02. The van der Waals surface area contributed by atoms with Crippen molar-refractivity contribution in [3.05, 3.63) is 36.0 Å². The van der Waals surface area contributed by atoms with Crippen LogP contribution in [-0.2, 0) is 9.53 Å². The molecular weight excluding hydrogens is 202 g/mol. The van der Waals surface area contributed by atoms with Gasteiger partial charge in [-0.05, 0) is 25.5 Å². The number of nitrogens with one attached hydrogen (secondary N) is 1. The molecule has 0 spiro atoms. The van der Waals surface area contributed by atoms with E-state index < -0.39 is 0 Å². The van der Waals surface area contributed by atoms with Gasteiger partial charge in [-0.3, -0.25) is 4.79 Å². The van der Waals surface area contributed by atoms with Crippen LogP contribution >= 0.6 is 0 Å². The fraction of sp³-hybridized carbons (Fsp3) is 0.308. The zero-order chi connectivity index (χ0) is 11.5. The molecule has 1 atom stereocenters. The number of esters is 1. The molecule has 0 aliphatic rings. The number of fused-ring (bicyclic) bond motifs is 1. The van der Waals surface area contributed by atoms with Crippen LogP contribution in [0, 0.1) is 0 Å². The van der Waals surface area contributed by atoms with Gasteiger partial charge >= 0.3 is 5.97 Å². The zero-order valence-electron chi connectivity index (χ0n) is 9.49. The number of benzene rings is 1. The first-order valence-electron chi connectivity index (χ1n) is 5.46. The Morgan fingerprint density at radius 3 is 2.94 bits per heavy atom. The van der Waals surface area contributed by atoms with Gasteiger partial charge in [0, 0.05) is 17.1 Å². The molecule has 3 nitrogen and oxygen atoms in total. The molecule has 0 saturated heterocycles. The van der Waals surface area contributed by atoms with Crippen LogP contribution < -0.4 is 0 Å². The lowest BCUT2D eigenvalue weighted by molar-refractivity contribution is -0.144. The molecular formula is C13H15NO2. The van der Waals surface area contributed by atoms with Crippen molar-refractivity contribution in [2.24, 2.45) is 0 Å². The Hall–Kier alpha value is -1.77. The number of hydrogen-bond donors (Lipinski definition) is 1. The molecule has 0 aliphatic heterocycles. The lowest BCUT2D eigenvalue weighted by Gasteiger charge is -2.09. The molecule has 16 heavy (non-hydrogen) atoms. The Morgan fingerprint density at radius 2 is 2.19 bits per heavy atom. The number of hydrogen-bond acceptors (Lipinski definition) is 2. The van der Waals surface area contributed by atoms with E-state index in [4.69, 9.17) is 4.74 Å². The van der Waals surface area contributed by atoms with Crippen LogP contribution in [0.5, 0.6) is 0 Å². The van der Waals surface area contributed by atoms with Crippen molar-refractivity contribution in [2.45, 2.75) is 19.8 Å². The highest BCUT2D eigenvalue weighted by Crippen LogP contribution is 2.25. The average Bonchev–Trinajstić information content (AvgIpc) is 2.72. The van der Waals surface area contributed by atoms with Gasteiger partial charge in [0.1, 0.15) is 0 Å². The molecule has 1 unspecified atom stereocenters. The maximum atomic E-state index is 11.6. The number of ether oxygens (including phenoxy) is 1. The number of rotatable bonds is 3. The molecule has 3 heteroatoms. The van der Waals surface area contributed by atoms with Gasteiger partial charge in [0.25, 0.3) is 0 Å². The second kappa shape index (κ2) is 4.39. The lowest BCUT2D eigenvalue weighted by atomic mass is 10.0. The van der Waals surface area contributed by atoms with E-state index in [1.165, 1.54) is 0 Å². The fourth-order valence-corrected chi connectivity index (χ4v) is 1.85. The number of para-hydroxylation sites is 1. The van der Waals surface area contributed by atoms with Gasteiger partial charge < -0.3 is 9.72 Å². The van der Waals surface area contributed by atoms with Gasteiger partial charge in [0.15, 0.2) is 0 Å². The second-order valence-corrected chi connectivity index (χ2v) is 3.76. The summed E-state index contributed by atoms with van der Waals surface area (Å²) in [5.74, 6) is -0.400. The van der Waals surface area contributed by atoms with Gasteiger partial charge in [-0.25, -0.2) is 0 Å². The summed E-state index contributed by atoms with van der Waals surface area (Å²) >= 11 is 0. The molecule has 84 valence electrons. The van der Waals surface area contributed by atoms with Crippen molar-refractivity contribution in [1.29, 1.82) is 0 Å². The number of aromatic amines is 1. The molecule has 1 aromatic heterocycles. The summed E-state index contributed by atoms with van der Waals surface area (Å²) in [7, 11) is 0. The largest absolute Gasteiger partial charge is 0.466 e. The zero-order valence-corrected chi connectivity index (χ0v) is 9.49. The SMILES string of the molecule is CCOC(=O)C(C)c1c[nH]c2ccccc12. The topological polar surface area (TPSA) is 42.1 Å². The first-order valence-corrected chi connectivity index (χ1v) is 5.46. The molecule has 0 aliphatic carbocycles. The van der Waals surface area contributed by atoms with E-state index in [2.05, 4.69) is 4.98 Å². The normalized spacial score (nSPS) is 12.6. The average molecular weight is 217 g/mol. The molecule has 2 aromatic rings. The Labute approximate surface area is 94.4 Å². The van der Waals surface area contributed by atoms with Gasteiger partial charge in [-0.2, -0.15) is 0 Å². The minimum absolute atomic E-state index is 0.174. The molecule has 1 N–H and O–H groups in total. The third-order valence-corrected chi connectivity index (χ3v) is 2.73. The van der Waals surface area contributed by atoms with Crippen molar-refractivity contribution in [1.82, 2.24) is 4.98 Å². The van der Waals surface area contributed by atoms with E-state index in [9.17, 15) is 4.79 Å². The molecule has 0 fully saturated rings. The third kappa shape index (κ3) is 1.81. The molecule has 1 heterocycles. The van der Waals surface area contributed by atoms with Crippen LogP contribution in [0.15, 0.2) is 30.5 Å². The summed E-state index contributed by atoms with van der Waals surface area (Å²) in [6, 6.07) is 7.95. The predicted octanol–water partition coefficient (Wildman–Crippen LogP) is 2.83.